The van der Waals surface area contributed by atoms with E-state index in [0.29, 0.717) is 23.3 Å². The molecule has 0 aliphatic carbocycles. The number of halogens is 1. The van der Waals surface area contributed by atoms with E-state index in [4.69, 9.17) is 4.74 Å². The molecular weight excluding hydrogens is 644 g/mol. The number of phenolic OH excluding ortho intramolecular Hbond substituents is 1. The Balaban J connectivity index is 0.00000195. The van der Waals surface area contributed by atoms with Crippen LogP contribution >= 0.6 is 0 Å². The number of unbranched alkanes of at least 4 members (excludes halogenated alkanes) is 2. The van der Waals surface area contributed by atoms with Gasteiger partial charge in [0.2, 0.25) is 0 Å². The van der Waals surface area contributed by atoms with Crippen LogP contribution in [0.25, 0.3) is 43.8 Å². The fourth-order valence-corrected chi connectivity index (χ4v) is 7.51. The molecule has 2 N–H and O–H groups in total. The van der Waals surface area contributed by atoms with Gasteiger partial charge in [-0.25, -0.2) is 4.39 Å². The third-order valence-corrected chi connectivity index (χ3v) is 9.65. The van der Waals surface area contributed by atoms with E-state index in [1.807, 2.05) is 6.07 Å². The Labute approximate surface area is 313 Å². The van der Waals surface area contributed by atoms with Crippen molar-refractivity contribution in [1.29, 1.82) is 0 Å². The number of rotatable bonds is 14. The average molecular weight is 707 g/mol. The fourth-order valence-electron chi connectivity index (χ4n) is 7.51. The Kier molecular flexibility index (Phi) is 14.3. The van der Waals surface area contributed by atoms with Crippen molar-refractivity contribution < 1.29 is 19.3 Å². The molecule has 0 bridgehead atoms. The summed E-state index contributed by atoms with van der Waals surface area (Å²) in [4.78, 5) is 0. The molecule has 0 amide bonds. The number of phenols is 1. The highest BCUT2D eigenvalue weighted by Crippen LogP contribution is 2.49. The van der Waals surface area contributed by atoms with Gasteiger partial charge in [0.1, 0.15) is 17.3 Å². The zero-order valence-corrected chi connectivity index (χ0v) is 33.4. The average Bonchev–Trinajstić information content (AvgIpc) is 3.09. The van der Waals surface area contributed by atoms with Gasteiger partial charge in [-0.15, -0.1) is 0 Å². The second kappa shape index (κ2) is 18.2. The summed E-state index contributed by atoms with van der Waals surface area (Å²) in [5, 5.41) is 26.4. The minimum absolute atomic E-state index is 0.00301. The number of aromatic hydroxyl groups is 1. The fraction of sp³-hybridized carbons (Fsp3) is 0.458. The van der Waals surface area contributed by atoms with Gasteiger partial charge in [-0.3, -0.25) is 0 Å². The first-order chi connectivity index (χ1) is 24.8. The first-order valence-electron chi connectivity index (χ1n) is 19.7. The molecule has 3 nitrogen and oxygen atoms in total. The number of benzene rings is 5. The van der Waals surface area contributed by atoms with Crippen molar-refractivity contribution >= 4 is 21.5 Å². The number of aliphatic hydroxyl groups is 1. The van der Waals surface area contributed by atoms with Crippen LogP contribution in [0, 0.1) is 11.2 Å². The van der Waals surface area contributed by atoms with Gasteiger partial charge < -0.3 is 14.9 Å². The SMILES string of the molecule is CCC.CCCCc1ccc2c(-c3cc(C(C)(C)CC(C)(C)C)cc(-c4cc(F)ccc4OCCCO)c3O)c3cc(CCCC)ccc3cc2c1. The van der Waals surface area contributed by atoms with Gasteiger partial charge in [0.15, 0.2) is 0 Å². The molecule has 0 aliphatic heterocycles. The minimum Gasteiger partial charge on any atom is -0.507 e. The van der Waals surface area contributed by atoms with Crippen LogP contribution in [0.5, 0.6) is 11.5 Å². The largest absolute Gasteiger partial charge is 0.507 e. The zero-order chi connectivity index (χ0) is 38.1. The number of aliphatic hydroxyl groups excluding tert-OH is 1. The highest BCUT2D eigenvalue weighted by atomic mass is 19.1. The van der Waals surface area contributed by atoms with Crippen LogP contribution in [0.4, 0.5) is 4.39 Å². The van der Waals surface area contributed by atoms with Gasteiger partial charge in [0.05, 0.1) is 6.61 Å². The molecule has 5 aromatic carbocycles. The summed E-state index contributed by atoms with van der Waals surface area (Å²) >= 11 is 0. The molecular formula is C48H63FO3. The molecule has 0 aromatic heterocycles. The van der Waals surface area contributed by atoms with Gasteiger partial charge in [-0.05, 0) is 118 Å². The van der Waals surface area contributed by atoms with Crippen molar-refractivity contribution in [1.82, 2.24) is 0 Å². The van der Waals surface area contributed by atoms with Crippen molar-refractivity contribution in [3.8, 4) is 33.8 Å². The van der Waals surface area contributed by atoms with Gasteiger partial charge in [-0.1, -0.05) is 118 Å². The lowest BCUT2D eigenvalue weighted by Gasteiger charge is -2.34. The Morgan fingerprint density at radius 3 is 1.92 bits per heavy atom. The van der Waals surface area contributed by atoms with Crippen LogP contribution in [-0.4, -0.2) is 23.4 Å². The van der Waals surface area contributed by atoms with Crippen LogP contribution in [-0.2, 0) is 18.3 Å². The summed E-state index contributed by atoms with van der Waals surface area (Å²) in [6, 6.07) is 24.5. The molecule has 0 atom stereocenters. The Morgan fingerprint density at radius 2 is 1.29 bits per heavy atom. The van der Waals surface area contributed by atoms with E-state index in [0.717, 1.165) is 83.2 Å². The maximum Gasteiger partial charge on any atom is 0.131 e. The summed E-state index contributed by atoms with van der Waals surface area (Å²) in [7, 11) is 0. The second-order valence-corrected chi connectivity index (χ2v) is 16.4. The zero-order valence-electron chi connectivity index (χ0n) is 33.4. The third-order valence-electron chi connectivity index (χ3n) is 9.65. The lowest BCUT2D eigenvalue weighted by atomic mass is 9.71. The molecule has 0 fully saturated rings. The number of aryl methyl sites for hydroxylation is 2. The second-order valence-electron chi connectivity index (χ2n) is 16.4. The van der Waals surface area contributed by atoms with E-state index in [1.54, 1.807) is 6.07 Å². The van der Waals surface area contributed by atoms with Crippen LogP contribution in [0.1, 0.15) is 124 Å². The van der Waals surface area contributed by atoms with E-state index >= 15 is 4.39 Å². The van der Waals surface area contributed by atoms with Gasteiger partial charge >= 0.3 is 0 Å². The molecule has 0 radical (unpaired) electrons. The Morgan fingerprint density at radius 1 is 0.654 bits per heavy atom. The van der Waals surface area contributed by atoms with Crippen LogP contribution in [0.2, 0.25) is 0 Å². The topological polar surface area (TPSA) is 49.7 Å². The number of fused-ring (bicyclic) bond motifs is 2. The number of hydrogen-bond acceptors (Lipinski definition) is 3. The minimum atomic E-state index is -0.402. The first-order valence-corrected chi connectivity index (χ1v) is 19.7. The predicted octanol–water partition coefficient (Wildman–Crippen LogP) is 13.7. The van der Waals surface area contributed by atoms with Crippen molar-refractivity contribution in [3.05, 3.63) is 95.3 Å². The molecule has 0 aliphatic rings. The molecule has 5 rings (SSSR count). The first kappa shape index (κ1) is 40.9. The lowest BCUT2D eigenvalue weighted by Crippen LogP contribution is -2.25. The molecule has 5 aromatic rings. The smallest absolute Gasteiger partial charge is 0.131 e. The maximum absolute atomic E-state index is 15.0. The van der Waals surface area contributed by atoms with E-state index in [-0.39, 0.29) is 29.8 Å². The van der Waals surface area contributed by atoms with Crippen LogP contribution in [0.15, 0.2) is 72.8 Å². The molecule has 0 spiro atoms. The molecule has 0 heterocycles. The van der Waals surface area contributed by atoms with Gasteiger partial charge in [-0.2, -0.15) is 0 Å². The quantitative estimate of drug-likeness (QED) is 0.0893. The molecule has 0 unspecified atom stereocenters. The van der Waals surface area contributed by atoms with Crippen molar-refractivity contribution in [3.63, 3.8) is 0 Å². The van der Waals surface area contributed by atoms with E-state index in [9.17, 15) is 10.2 Å². The Bertz CT molecular complexity index is 1930. The highest BCUT2D eigenvalue weighted by Gasteiger charge is 2.30. The summed E-state index contributed by atoms with van der Waals surface area (Å²) < 4.78 is 21.1. The molecule has 0 saturated carbocycles. The number of ether oxygens (including phenoxy) is 1. The summed E-state index contributed by atoms with van der Waals surface area (Å²) in [6.07, 6.45) is 9.14. The molecule has 4 heteroatoms. The van der Waals surface area contributed by atoms with Crippen LogP contribution in [0.3, 0.4) is 0 Å². The highest BCUT2D eigenvalue weighted by molar-refractivity contribution is 6.14. The van der Waals surface area contributed by atoms with Gasteiger partial charge in [0.25, 0.3) is 0 Å². The van der Waals surface area contributed by atoms with Crippen LogP contribution < -0.4 is 4.74 Å². The molecule has 280 valence electrons. The summed E-state index contributed by atoms with van der Waals surface area (Å²) in [5.41, 5.74) is 6.23. The third kappa shape index (κ3) is 10.2. The standard InChI is InChI=1S/C45H55FO3.C3H8/c1-8-10-13-30-16-19-36-33(23-30)25-32-17-15-31(14-11-9-2)24-37(32)42(36)40-27-34(45(6,7)29-44(3,4)5)26-39(43(40)48)38-28-35(46)18-20-41(38)49-22-12-21-47;1-3-2/h15-20,23-28,47-48H,8-14,21-22,29H2,1-7H3;3H2,1-2H3. The van der Waals surface area contributed by atoms with Crippen molar-refractivity contribution in [2.24, 2.45) is 5.41 Å². The Hall–Kier alpha value is -3.89. The number of hydrogen-bond donors (Lipinski definition) is 2. The molecule has 52 heavy (non-hydrogen) atoms. The lowest BCUT2D eigenvalue weighted by molar-refractivity contribution is 0.234. The van der Waals surface area contributed by atoms with Crippen molar-refractivity contribution in [2.45, 2.75) is 126 Å². The molecule has 0 saturated heterocycles. The normalized spacial score (nSPS) is 11.9. The predicted molar refractivity (Wildman–Crippen MR) is 221 cm³/mol. The van der Waals surface area contributed by atoms with E-state index in [2.05, 4.69) is 111 Å². The summed E-state index contributed by atoms with van der Waals surface area (Å²) in [6.45, 7) is 20.2. The summed E-state index contributed by atoms with van der Waals surface area (Å²) in [5.74, 6) is 0.184. The van der Waals surface area contributed by atoms with Crippen molar-refractivity contribution in [2.75, 3.05) is 13.2 Å². The van der Waals surface area contributed by atoms with E-state index < -0.39 is 5.82 Å². The van der Waals surface area contributed by atoms with E-state index in [1.165, 1.54) is 29.7 Å². The van der Waals surface area contributed by atoms with Gasteiger partial charge in [0, 0.05) is 35.3 Å². The maximum atomic E-state index is 15.0. The monoisotopic (exact) mass is 706 g/mol.